The molecule has 0 unspecified atom stereocenters. The minimum absolute atomic E-state index is 0.111. The summed E-state index contributed by atoms with van der Waals surface area (Å²) in [4.78, 5) is 12.7. The number of hydrogen-bond donors (Lipinski definition) is 1. The van der Waals surface area contributed by atoms with E-state index in [0.717, 1.165) is 22.3 Å². The van der Waals surface area contributed by atoms with E-state index in [2.05, 4.69) is 10.1 Å². The molecule has 2 aromatic rings. The highest BCUT2D eigenvalue weighted by atomic mass is 19.3. The molecule has 0 fully saturated rings. The van der Waals surface area contributed by atoms with Gasteiger partial charge in [0.05, 0.1) is 5.54 Å². The first-order valence-electron chi connectivity index (χ1n) is 9.03. The minimum atomic E-state index is -2.88. The zero-order valence-electron chi connectivity index (χ0n) is 15.3. The van der Waals surface area contributed by atoms with Crippen molar-refractivity contribution < 1.29 is 18.3 Å². The van der Waals surface area contributed by atoms with Crippen LogP contribution in [0.5, 0.6) is 5.75 Å². The number of benzene rings is 2. The number of nitrogens with zero attached hydrogens (tertiary/aromatic N) is 1. The molecule has 1 aliphatic heterocycles. The Morgan fingerprint density at radius 3 is 2.64 bits per heavy atom. The summed E-state index contributed by atoms with van der Waals surface area (Å²) in [5.74, 6) is -0.287. The first-order chi connectivity index (χ1) is 13.4. The van der Waals surface area contributed by atoms with Gasteiger partial charge in [0.2, 0.25) is 0 Å². The van der Waals surface area contributed by atoms with Crippen LogP contribution < -0.4 is 10.1 Å². The van der Waals surface area contributed by atoms with Gasteiger partial charge in [0.25, 0.3) is 5.91 Å². The maximum atomic E-state index is 12.7. The number of aryl methyl sites for hydroxylation is 2. The van der Waals surface area contributed by atoms with Gasteiger partial charge in [-0.05, 0) is 54.2 Å². The average Bonchev–Trinajstić information content (AvgIpc) is 2.98. The van der Waals surface area contributed by atoms with Gasteiger partial charge in [-0.3, -0.25) is 4.79 Å². The third kappa shape index (κ3) is 3.03. The van der Waals surface area contributed by atoms with Crippen LogP contribution in [0.2, 0.25) is 0 Å². The van der Waals surface area contributed by atoms with Crippen molar-refractivity contribution >= 4 is 11.5 Å². The molecule has 1 atom stereocenters. The highest BCUT2D eigenvalue weighted by Crippen LogP contribution is 2.47. The number of carbonyl (C=O) groups is 1. The molecule has 0 saturated heterocycles. The first-order valence-corrected chi connectivity index (χ1v) is 9.03. The fraction of sp³-hybridized carbons (Fsp3) is 0.273. The first kappa shape index (κ1) is 18.2. The van der Waals surface area contributed by atoms with Crippen LogP contribution in [0.1, 0.15) is 35.1 Å². The standard InChI is InChI=1S/C22H18F2N2O2/c1-13-2-4-14(5-3-13)17-11-22(26-20(27)18(17)12-25)9-8-15-10-16(28-21(23)24)6-7-19(15)22/h2-7,10,21H,8-9,11H2,1H3,(H,26,27)/t22-/m0/s1. The van der Waals surface area contributed by atoms with Crippen LogP contribution in [0.25, 0.3) is 5.57 Å². The lowest BCUT2D eigenvalue weighted by Gasteiger charge is -2.37. The summed E-state index contributed by atoms with van der Waals surface area (Å²) in [6.45, 7) is -0.901. The smallest absolute Gasteiger partial charge is 0.387 e. The molecule has 1 aliphatic carbocycles. The predicted molar refractivity (Wildman–Crippen MR) is 99.5 cm³/mol. The number of halogens is 2. The number of nitrogens with one attached hydrogen (secondary N) is 1. The number of amides is 1. The van der Waals surface area contributed by atoms with Crippen molar-refractivity contribution in [1.82, 2.24) is 5.32 Å². The number of carbonyl (C=O) groups excluding carboxylic acids is 1. The normalized spacial score (nSPS) is 20.9. The van der Waals surface area contributed by atoms with Crippen molar-refractivity contribution in [2.75, 3.05) is 0 Å². The highest BCUT2D eigenvalue weighted by Gasteiger charge is 2.45. The Morgan fingerprint density at radius 1 is 1.21 bits per heavy atom. The topological polar surface area (TPSA) is 62.1 Å². The van der Waals surface area contributed by atoms with Gasteiger partial charge in [0.1, 0.15) is 17.4 Å². The van der Waals surface area contributed by atoms with E-state index in [-0.39, 0.29) is 11.3 Å². The molecule has 1 heterocycles. The van der Waals surface area contributed by atoms with E-state index in [1.165, 1.54) is 6.07 Å². The number of alkyl halides is 2. The molecule has 2 aliphatic rings. The Hall–Kier alpha value is -3.20. The summed E-state index contributed by atoms with van der Waals surface area (Å²) in [6.07, 6.45) is 1.76. The van der Waals surface area contributed by atoms with Crippen molar-refractivity contribution in [3.05, 3.63) is 70.3 Å². The number of ether oxygens (including phenoxy) is 1. The maximum Gasteiger partial charge on any atom is 0.387 e. The molecule has 142 valence electrons. The Kier molecular flexibility index (Phi) is 4.38. The number of rotatable bonds is 3. The van der Waals surface area contributed by atoms with Gasteiger partial charge in [-0.2, -0.15) is 14.0 Å². The van der Waals surface area contributed by atoms with E-state index >= 15 is 0 Å². The monoisotopic (exact) mass is 380 g/mol. The summed E-state index contributed by atoms with van der Waals surface area (Å²) >= 11 is 0. The van der Waals surface area contributed by atoms with E-state index in [4.69, 9.17) is 0 Å². The number of hydrogen-bond acceptors (Lipinski definition) is 3. The predicted octanol–water partition coefficient (Wildman–Crippen LogP) is 4.24. The Labute approximate surface area is 161 Å². The molecule has 0 radical (unpaired) electrons. The summed E-state index contributed by atoms with van der Waals surface area (Å²) in [7, 11) is 0. The number of fused-ring (bicyclic) bond motifs is 2. The van der Waals surface area contributed by atoms with Crippen LogP contribution in [-0.2, 0) is 16.8 Å². The summed E-state index contributed by atoms with van der Waals surface area (Å²) in [5.41, 5.74) is 3.91. The van der Waals surface area contributed by atoms with Crippen molar-refractivity contribution in [3.63, 3.8) is 0 Å². The Bertz CT molecular complexity index is 1020. The second kappa shape index (κ2) is 6.75. The molecule has 4 rings (SSSR count). The second-order valence-electron chi connectivity index (χ2n) is 7.24. The molecular weight excluding hydrogens is 362 g/mol. The Morgan fingerprint density at radius 2 is 1.96 bits per heavy atom. The third-order valence-corrected chi connectivity index (χ3v) is 5.51. The second-order valence-corrected chi connectivity index (χ2v) is 7.24. The molecule has 4 nitrogen and oxygen atoms in total. The molecular formula is C22H18F2N2O2. The molecule has 1 N–H and O–H groups in total. The fourth-order valence-electron chi connectivity index (χ4n) is 4.19. The highest BCUT2D eigenvalue weighted by molar-refractivity contribution is 6.07. The van der Waals surface area contributed by atoms with Crippen LogP contribution in [0.3, 0.4) is 0 Å². The SMILES string of the molecule is Cc1ccc(C2=C(C#N)C(=O)N[C@@]3(CCc4cc(OC(F)F)ccc43)C2)cc1. The molecule has 1 spiro atoms. The van der Waals surface area contributed by atoms with E-state index in [0.29, 0.717) is 24.8 Å². The molecule has 2 aromatic carbocycles. The van der Waals surface area contributed by atoms with Gasteiger partial charge in [-0.1, -0.05) is 35.9 Å². The zero-order valence-corrected chi connectivity index (χ0v) is 15.3. The molecule has 6 heteroatoms. The maximum absolute atomic E-state index is 12.7. The Balaban J connectivity index is 1.76. The van der Waals surface area contributed by atoms with Crippen molar-refractivity contribution in [1.29, 1.82) is 5.26 Å². The quantitative estimate of drug-likeness (QED) is 0.867. The van der Waals surface area contributed by atoms with E-state index in [1.54, 1.807) is 12.1 Å². The van der Waals surface area contributed by atoms with Crippen LogP contribution in [-0.4, -0.2) is 12.5 Å². The lowest BCUT2D eigenvalue weighted by atomic mass is 9.78. The molecule has 0 aromatic heterocycles. The minimum Gasteiger partial charge on any atom is -0.435 e. The molecule has 28 heavy (non-hydrogen) atoms. The van der Waals surface area contributed by atoms with Crippen molar-refractivity contribution in [2.24, 2.45) is 0 Å². The van der Waals surface area contributed by atoms with E-state index < -0.39 is 18.1 Å². The van der Waals surface area contributed by atoms with Crippen molar-refractivity contribution in [3.8, 4) is 11.8 Å². The summed E-state index contributed by atoms with van der Waals surface area (Å²) in [6, 6.07) is 14.6. The third-order valence-electron chi connectivity index (χ3n) is 5.51. The largest absolute Gasteiger partial charge is 0.435 e. The average molecular weight is 380 g/mol. The van der Waals surface area contributed by atoms with Gasteiger partial charge in [-0.15, -0.1) is 0 Å². The van der Waals surface area contributed by atoms with Crippen LogP contribution in [0, 0.1) is 18.3 Å². The van der Waals surface area contributed by atoms with Gasteiger partial charge in [-0.25, -0.2) is 0 Å². The summed E-state index contributed by atoms with van der Waals surface area (Å²) in [5, 5.41) is 12.6. The fourth-order valence-corrected chi connectivity index (χ4v) is 4.19. The van der Waals surface area contributed by atoms with E-state index in [1.807, 2.05) is 37.3 Å². The molecule has 0 bridgehead atoms. The van der Waals surface area contributed by atoms with Crippen LogP contribution in [0.15, 0.2) is 48.0 Å². The van der Waals surface area contributed by atoms with Gasteiger partial charge in [0.15, 0.2) is 0 Å². The molecule has 1 amide bonds. The lowest BCUT2D eigenvalue weighted by molar-refractivity contribution is -0.119. The van der Waals surface area contributed by atoms with Gasteiger partial charge >= 0.3 is 6.61 Å². The van der Waals surface area contributed by atoms with Gasteiger partial charge < -0.3 is 10.1 Å². The number of nitriles is 1. The zero-order chi connectivity index (χ0) is 19.9. The van der Waals surface area contributed by atoms with E-state index in [9.17, 15) is 18.8 Å². The van der Waals surface area contributed by atoms with Crippen molar-refractivity contribution in [2.45, 2.75) is 38.3 Å². The van der Waals surface area contributed by atoms with Gasteiger partial charge in [0, 0.05) is 6.42 Å². The van der Waals surface area contributed by atoms with Crippen LogP contribution in [0.4, 0.5) is 8.78 Å². The van der Waals surface area contributed by atoms with Crippen LogP contribution >= 0.6 is 0 Å². The summed E-state index contributed by atoms with van der Waals surface area (Å²) < 4.78 is 29.5. The molecule has 0 saturated carbocycles. The lowest BCUT2D eigenvalue weighted by Crippen LogP contribution is -2.48.